The molecule has 28 heavy (non-hydrogen) atoms. The Morgan fingerprint density at radius 1 is 1.04 bits per heavy atom. The minimum absolute atomic E-state index is 0.0687. The van der Waals surface area contributed by atoms with Gasteiger partial charge in [0.25, 0.3) is 5.91 Å². The standard InChI is InChI=1S/C23H21N3O2/c1-26-21(17-9-3-2-4-10-17)20(18-11-5-6-12-19(18)23(26)28)22(27)25-15-16-8-7-13-24-14-16/h2-14,20-21H,15H2,1H3,(H,25,27)/t20-,21-/m1/s1. The van der Waals surface area contributed by atoms with Crippen molar-refractivity contribution in [1.82, 2.24) is 15.2 Å². The Kier molecular flexibility index (Phi) is 4.89. The summed E-state index contributed by atoms with van der Waals surface area (Å²) in [5.41, 5.74) is 3.22. The molecule has 0 unspecified atom stereocenters. The lowest BCUT2D eigenvalue weighted by atomic mass is 9.79. The maximum atomic E-state index is 13.3. The van der Waals surface area contributed by atoms with Gasteiger partial charge in [0.2, 0.25) is 5.91 Å². The SMILES string of the molecule is CN1C(=O)c2ccccc2[C@@H](C(=O)NCc2cccnc2)[C@H]1c1ccccc1. The number of hydrogen-bond donors (Lipinski definition) is 1. The fourth-order valence-corrected chi connectivity index (χ4v) is 3.83. The first-order valence-electron chi connectivity index (χ1n) is 9.24. The van der Waals surface area contributed by atoms with Crippen LogP contribution in [0.1, 0.15) is 39.0 Å². The van der Waals surface area contributed by atoms with E-state index in [1.807, 2.05) is 60.7 Å². The van der Waals surface area contributed by atoms with Crippen molar-refractivity contribution < 1.29 is 9.59 Å². The molecule has 1 N–H and O–H groups in total. The molecule has 5 heteroatoms. The molecule has 1 aromatic heterocycles. The molecule has 140 valence electrons. The molecule has 0 bridgehead atoms. The highest BCUT2D eigenvalue weighted by molar-refractivity contribution is 6.01. The van der Waals surface area contributed by atoms with Gasteiger partial charge in [-0.25, -0.2) is 0 Å². The number of carbonyl (C=O) groups excluding carboxylic acids is 2. The highest BCUT2D eigenvalue weighted by Gasteiger charge is 2.42. The van der Waals surface area contributed by atoms with Gasteiger partial charge in [-0.3, -0.25) is 14.6 Å². The lowest BCUT2D eigenvalue weighted by Crippen LogP contribution is -2.45. The molecule has 5 nitrogen and oxygen atoms in total. The molecule has 0 fully saturated rings. The van der Waals surface area contributed by atoms with Crippen LogP contribution in [0.2, 0.25) is 0 Å². The van der Waals surface area contributed by atoms with Crippen molar-refractivity contribution in [1.29, 1.82) is 0 Å². The Morgan fingerprint density at radius 3 is 2.54 bits per heavy atom. The summed E-state index contributed by atoms with van der Waals surface area (Å²) in [6.45, 7) is 0.393. The van der Waals surface area contributed by atoms with Gasteiger partial charge in [0.05, 0.1) is 12.0 Å². The molecule has 0 aliphatic carbocycles. The van der Waals surface area contributed by atoms with E-state index in [1.165, 1.54) is 0 Å². The normalized spacial score (nSPS) is 18.5. The Morgan fingerprint density at radius 2 is 1.79 bits per heavy atom. The molecule has 2 aromatic carbocycles. The molecule has 0 radical (unpaired) electrons. The summed E-state index contributed by atoms with van der Waals surface area (Å²) in [4.78, 5) is 32.0. The zero-order chi connectivity index (χ0) is 19.5. The van der Waals surface area contributed by atoms with E-state index in [2.05, 4.69) is 10.3 Å². The maximum absolute atomic E-state index is 13.3. The van der Waals surface area contributed by atoms with Crippen LogP contribution in [-0.2, 0) is 11.3 Å². The Labute approximate surface area is 164 Å². The van der Waals surface area contributed by atoms with Crippen molar-refractivity contribution in [3.63, 3.8) is 0 Å². The van der Waals surface area contributed by atoms with Crippen LogP contribution >= 0.6 is 0 Å². The first-order valence-corrected chi connectivity index (χ1v) is 9.24. The van der Waals surface area contributed by atoms with Crippen molar-refractivity contribution in [3.8, 4) is 0 Å². The number of likely N-dealkylation sites (N-methyl/N-ethyl adjacent to an activating group) is 1. The summed E-state index contributed by atoms with van der Waals surface area (Å²) in [6.07, 6.45) is 3.44. The number of hydrogen-bond acceptors (Lipinski definition) is 3. The van der Waals surface area contributed by atoms with Gasteiger partial charge in [-0.05, 0) is 28.8 Å². The first kappa shape index (κ1) is 17.9. The second-order valence-corrected chi connectivity index (χ2v) is 6.92. The molecule has 1 aliphatic rings. The molecule has 3 aromatic rings. The predicted molar refractivity (Wildman–Crippen MR) is 107 cm³/mol. The molecule has 0 spiro atoms. The quantitative estimate of drug-likeness (QED) is 0.765. The lowest BCUT2D eigenvalue weighted by Gasteiger charge is -2.39. The predicted octanol–water partition coefficient (Wildman–Crippen LogP) is 3.31. The van der Waals surface area contributed by atoms with Gasteiger partial charge < -0.3 is 10.2 Å². The van der Waals surface area contributed by atoms with E-state index < -0.39 is 5.92 Å². The van der Waals surface area contributed by atoms with Crippen molar-refractivity contribution in [3.05, 3.63) is 101 Å². The molecular weight excluding hydrogens is 350 g/mol. The third-order valence-corrected chi connectivity index (χ3v) is 5.19. The second kappa shape index (κ2) is 7.64. The number of rotatable bonds is 4. The van der Waals surface area contributed by atoms with Crippen LogP contribution in [0.4, 0.5) is 0 Å². The van der Waals surface area contributed by atoms with Crippen molar-refractivity contribution in [2.24, 2.45) is 0 Å². The number of amides is 2. The van der Waals surface area contributed by atoms with E-state index >= 15 is 0 Å². The van der Waals surface area contributed by atoms with Crippen LogP contribution < -0.4 is 5.32 Å². The van der Waals surface area contributed by atoms with E-state index in [4.69, 9.17) is 0 Å². The van der Waals surface area contributed by atoms with Gasteiger partial charge in [0, 0.05) is 31.5 Å². The van der Waals surface area contributed by atoms with Crippen molar-refractivity contribution in [2.75, 3.05) is 7.05 Å². The summed E-state index contributed by atoms with van der Waals surface area (Å²) in [5.74, 6) is -0.664. The molecule has 1 aliphatic heterocycles. The van der Waals surface area contributed by atoms with Gasteiger partial charge in [-0.2, -0.15) is 0 Å². The first-order chi connectivity index (χ1) is 13.7. The van der Waals surface area contributed by atoms with E-state index in [9.17, 15) is 9.59 Å². The maximum Gasteiger partial charge on any atom is 0.254 e. The van der Waals surface area contributed by atoms with Gasteiger partial charge in [0.1, 0.15) is 0 Å². The average Bonchev–Trinajstić information content (AvgIpc) is 2.75. The molecule has 2 amide bonds. The fraction of sp³-hybridized carbons (Fsp3) is 0.174. The van der Waals surface area contributed by atoms with Gasteiger partial charge in [-0.15, -0.1) is 0 Å². The van der Waals surface area contributed by atoms with Gasteiger partial charge >= 0.3 is 0 Å². The topological polar surface area (TPSA) is 62.3 Å². The summed E-state index contributed by atoms with van der Waals surface area (Å²) in [7, 11) is 1.76. The highest BCUT2D eigenvalue weighted by atomic mass is 16.2. The van der Waals surface area contributed by atoms with E-state index in [0.29, 0.717) is 12.1 Å². The van der Waals surface area contributed by atoms with Crippen LogP contribution in [-0.4, -0.2) is 28.7 Å². The van der Waals surface area contributed by atoms with Crippen LogP contribution in [0, 0.1) is 0 Å². The molecule has 2 heterocycles. The number of carbonyl (C=O) groups is 2. The summed E-state index contributed by atoms with van der Waals surface area (Å²) in [6, 6.07) is 20.5. The van der Waals surface area contributed by atoms with Crippen molar-refractivity contribution in [2.45, 2.75) is 18.5 Å². The van der Waals surface area contributed by atoms with Gasteiger partial charge in [-0.1, -0.05) is 54.6 Å². The second-order valence-electron chi connectivity index (χ2n) is 6.92. The molecule has 0 saturated carbocycles. The molecule has 0 saturated heterocycles. The number of benzene rings is 2. The van der Waals surface area contributed by atoms with Crippen LogP contribution in [0.5, 0.6) is 0 Å². The number of nitrogens with zero attached hydrogens (tertiary/aromatic N) is 2. The van der Waals surface area contributed by atoms with Crippen LogP contribution in [0.3, 0.4) is 0 Å². The Bertz CT molecular complexity index is 989. The number of aromatic nitrogens is 1. The van der Waals surface area contributed by atoms with Crippen LogP contribution in [0.15, 0.2) is 79.1 Å². The number of fused-ring (bicyclic) bond motifs is 1. The highest BCUT2D eigenvalue weighted by Crippen LogP contribution is 2.41. The minimum atomic E-state index is -0.488. The minimum Gasteiger partial charge on any atom is -0.351 e. The number of nitrogens with one attached hydrogen (secondary N) is 1. The third kappa shape index (κ3) is 3.27. The van der Waals surface area contributed by atoms with Crippen LogP contribution in [0.25, 0.3) is 0 Å². The van der Waals surface area contributed by atoms with E-state index in [-0.39, 0.29) is 17.9 Å². The Hall–Kier alpha value is -3.47. The Balaban J connectivity index is 1.72. The summed E-state index contributed by atoms with van der Waals surface area (Å²) < 4.78 is 0. The fourth-order valence-electron chi connectivity index (χ4n) is 3.83. The summed E-state index contributed by atoms with van der Waals surface area (Å²) in [5, 5.41) is 3.03. The smallest absolute Gasteiger partial charge is 0.254 e. The van der Waals surface area contributed by atoms with E-state index in [0.717, 1.165) is 16.7 Å². The monoisotopic (exact) mass is 371 g/mol. The van der Waals surface area contributed by atoms with Crippen molar-refractivity contribution >= 4 is 11.8 Å². The van der Waals surface area contributed by atoms with Gasteiger partial charge in [0.15, 0.2) is 0 Å². The average molecular weight is 371 g/mol. The van der Waals surface area contributed by atoms with E-state index in [1.54, 1.807) is 30.4 Å². The zero-order valence-electron chi connectivity index (χ0n) is 15.6. The third-order valence-electron chi connectivity index (χ3n) is 5.19. The molecular formula is C23H21N3O2. The lowest BCUT2D eigenvalue weighted by molar-refractivity contribution is -0.124. The molecule has 2 atom stereocenters. The number of pyridine rings is 1. The molecule has 4 rings (SSSR count). The largest absolute Gasteiger partial charge is 0.351 e. The summed E-state index contributed by atoms with van der Waals surface area (Å²) >= 11 is 0. The zero-order valence-corrected chi connectivity index (χ0v) is 15.6.